The summed E-state index contributed by atoms with van der Waals surface area (Å²) < 4.78 is 30.8. The Morgan fingerprint density at radius 2 is 1.86 bits per heavy atom. The molecule has 0 bridgehead atoms. The number of benzene rings is 1. The summed E-state index contributed by atoms with van der Waals surface area (Å²) in [5, 5.41) is 15.7. The Hall–Kier alpha value is -2.18. The number of hydroxylamine groups is 1. The van der Waals surface area contributed by atoms with Crippen LogP contribution >= 0.6 is 11.6 Å². The predicted octanol–water partition coefficient (Wildman–Crippen LogP) is 1.40. The molecule has 1 atom stereocenters. The van der Waals surface area contributed by atoms with Crippen LogP contribution in [0.4, 0.5) is 17.1 Å². The highest BCUT2D eigenvalue weighted by Crippen LogP contribution is 2.39. The predicted molar refractivity (Wildman–Crippen MR) is 109 cm³/mol. The molecule has 0 radical (unpaired) electrons. The van der Waals surface area contributed by atoms with Gasteiger partial charge in [-0.05, 0) is 26.0 Å². The van der Waals surface area contributed by atoms with E-state index in [0.717, 1.165) is 14.2 Å². The van der Waals surface area contributed by atoms with Gasteiger partial charge in [0, 0.05) is 19.7 Å². The van der Waals surface area contributed by atoms with E-state index in [0.29, 0.717) is 17.7 Å². The third kappa shape index (κ3) is 4.54. The van der Waals surface area contributed by atoms with Crippen LogP contribution < -0.4 is 21.5 Å². The number of hydrogen-bond acceptors (Lipinski definition) is 9. The topological polar surface area (TPSA) is 134 Å². The van der Waals surface area contributed by atoms with E-state index >= 15 is 0 Å². The van der Waals surface area contributed by atoms with Gasteiger partial charge in [-0.3, -0.25) is 14.4 Å². The first-order valence-electron chi connectivity index (χ1n) is 8.55. The van der Waals surface area contributed by atoms with Crippen molar-refractivity contribution in [3.05, 3.63) is 37.6 Å². The molecule has 0 aliphatic heterocycles. The van der Waals surface area contributed by atoms with Crippen LogP contribution in [0, 0.1) is 0 Å². The van der Waals surface area contributed by atoms with E-state index in [1.165, 1.54) is 12.1 Å². The minimum absolute atomic E-state index is 0.0231. The van der Waals surface area contributed by atoms with E-state index in [1.54, 1.807) is 6.92 Å². The standard InChI is InChI=1S/C17H22ClN3O7S/c1-5-28-8-9(2)19-12-13(16(24)15(12)23)20-11-7-6-10(18)17(14(11)22)29(25,26)21(3)27-4/h6-7,9,19-20,22H,5,8H2,1-4H3/t9-/m0/s1. The summed E-state index contributed by atoms with van der Waals surface area (Å²) >= 11 is 5.96. The molecule has 2 aromatic rings. The Labute approximate surface area is 172 Å². The molecule has 0 saturated heterocycles. The summed E-state index contributed by atoms with van der Waals surface area (Å²) in [5.41, 5.74) is -1.72. The number of phenolic OH excluding ortho intramolecular Hbond substituents is 1. The molecular formula is C17H22ClN3O7S. The smallest absolute Gasteiger partial charge is 0.269 e. The number of sulfonamides is 1. The van der Waals surface area contributed by atoms with Crippen molar-refractivity contribution >= 4 is 38.7 Å². The van der Waals surface area contributed by atoms with E-state index in [9.17, 15) is 23.1 Å². The van der Waals surface area contributed by atoms with Crippen LogP contribution in [-0.2, 0) is 19.6 Å². The Morgan fingerprint density at radius 3 is 2.45 bits per heavy atom. The lowest BCUT2D eigenvalue weighted by molar-refractivity contribution is -0.0259. The Kier molecular flexibility index (Phi) is 7.25. The van der Waals surface area contributed by atoms with Crippen LogP contribution in [0.3, 0.4) is 0 Å². The lowest BCUT2D eigenvalue weighted by atomic mass is 10.1. The van der Waals surface area contributed by atoms with Crippen LogP contribution in [0.25, 0.3) is 0 Å². The van der Waals surface area contributed by atoms with Gasteiger partial charge in [0.1, 0.15) is 16.3 Å². The second-order valence-corrected chi connectivity index (χ2v) is 8.39. The normalized spacial score (nSPS) is 13.0. The number of anilines is 3. The zero-order chi connectivity index (χ0) is 21.9. The van der Waals surface area contributed by atoms with E-state index in [2.05, 4.69) is 15.5 Å². The van der Waals surface area contributed by atoms with E-state index in [1.807, 2.05) is 6.92 Å². The first kappa shape index (κ1) is 23.1. The van der Waals surface area contributed by atoms with Crippen LogP contribution in [0.2, 0.25) is 5.02 Å². The average molecular weight is 448 g/mol. The third-order valence-corrected chi connectivity index (χ3v) is 6.25. The maximum absolute atomic E-state index is 12.5. The molecule has 0 aliphatic carbocycles. The Balaban J connectivity index is 2.40. The van der Waals surface area contributed by atoms with Gasteiger partial charge in [-0.1, -0.05) is 16.1 Å². The summed E-state index contributed by atoms with van der Waals surface area (Å²) in [6.45, 7) is 4.40. The molecule has 160 valence electrons. The lowest BCUT2D eigenvalue weighted by Crippen LogP contribution is -2.39. The molecule has 29 heavy (non-hydrogen) atoms. The van der Waals surface area contributed by atoms with Gasteiger partial charge in [0.15, 0.2) is 5.75 Å². The summed E-state index contributed by atoms with van der Waals surface area (Å²) in [4.78, 5) is 28.0. The number of nitrogens with one attached hydrogen (secondary N) is 2. The van der Waals surface area contributed by atoms with Gasteiger partial charge in [0.25, 0.3) is 20.9 Å². The van der Waals surface area contributed by atoms with Gasteiger partial charge < -0.3 is 20.5 Å². The fourth-order valence-corrected chi connectivity index (χ4v) is 4.05. The SMILES string of the molecule is CCOC[C@H](C)Nc1c(Nc2ccc(Cl)c(S(=O)(=O)N(C)OC)c2O)c(=O)c1=O. The van der Waals surface area contributed by atoms with E-state index < -0.39 is 31.5 Å². The zero-order valence-electron chi connectivity index (χ0n) is 16.3. The molecule has 3 N–H and O–H groups in total. The van der Waals surface area contributed by atoms with Gasteiger partial charge in [0.2, 0.25) is 0 Å². The molecule has 0 spiro atoms. The zero-order valence-corrected chi connectivity index (χ0v) is 17.8. The molecule has 0 saturated carbocycles. The van der Waals surface area contributed by atoms with Crippen molar-refractivity contribution in [3.8, 4) is 5.75 Å². The third-order valence-electron chi connectivity index (χ3n) is 4.07. The number of hydrogen-bond donors (Lipinski definition) is 3. The Bertz CT molecular complexity index is 1060. The maximum atomic E-state index is 12.5. The van der Waals surface area contributed by atoms with Crippen molar-refractivity contribution in [1.29, 1.82) is 0 Å². The highest BCUT2D eigenvalue weighted by atomic mass is 35.5. The number of ether oxygens (including phenoxy) is 1. The fraction of sp³-hybridized carbons (Fsp3) is 0.412. The quantitative estimate of drug-likeness (QED) is 0.280. The van der Waals surface area contributed by atoms with Gasteiger partial charge in [-0.25, -0.2) is 8.42 Å². The van der Waals surface area contributed by atoms with Gasteiger partial charge >= 0.3 is 0 Å². The summed E-state index contributed by atoms with van der Waals surface area (Å²) in [6, 6.07) is 2.26. The van der Waals surface area contributed by atoms with Crippen LogP contribution in [0.5, 0.6) is 5.75 Å². The molecule has 2 aromatic carbocycles. The molecule has 12 heteroatoms. The monoisotopic (exact) mass is 447 g/mol. The van der Waals surface area contributed by atoms with Crippen LogP contribution in [0.15, 0.2) is 26.6 Å². The summed E-state index contributed by atoms with van der Waals surface area (Å²) in [6.07, 6.45) is 0. The Morgan fingerprint density at radius 1 is 1.24 bits per heavy atom. The lowest BCUT2D eigenvalue weighted by Gasteiger charge is -2.21. The second-order valence-electron chi connectivity index (χ2n) is 6.11. The summed E-state index contributed by atoms with van der Waals surface area (Å²) in [5.74, 6) is -0.720. The number of halogens is 1. The van der Waals surface area contributed by atoms with Crippen LogP contribution in [0.1, 0.15) is 13.8 Å². The van der Waals surface area contributed by atoms with Crippen molar-refractivity contribution in [2.75, 3.05) is 38.0 Å². The van der Waals surface area contributed by atoms with Gasteiger partial charge in [-0.15, -0.1) is 0 Å². The number of rotatable bonds is 10. The molecule has 0 amide bonds. The number of aromatic hydroxyl groups is 1. The number of nitrogens with zero attached hydrogens (tertiary/aromatic N) is 1. The van der Waals surface area contributed by atoms with Crippen molar-refractivity contribution in [3.63, 3.8) is 0 Å². The maximum Gasteiger partial charge on any atom is 0.269 e. The number of phenols is 1. The highest BCUT2D eigenvalue weighted by molar-refractivity contribution is 7.89. The van der Waals surface area contributed by atoms with E-state index in [-0.39, 0.29) is 28.1 Å². The molecular weight excluding hydrogens is 426 g/mol. The fourth-order valence-electron chi connectivity index (χ4n) is 2.49. The van der Waals surface area contributed by atoms with Crippen molar-refractivity contribution in [1.82, 2.24) is 4.47 Å². The molecule has 10 nitrogen and oxygen atoms in total. The minimum Gasteiger partial charge on any atom is -0.504 e. The molecule has 0 fully saturated rings. The largest absolute Gasteiger partial charge is 0.504 e. The van der Waals surface area contributed by atoms with Crippen molar-refractivity contribution in [2.45, 2.75) is 24.8 Å². The molecule has 0 aromatic heterocycles. The molecule has 0 aliphatic rings. The molecule has 2 rings (SSSR count). The molecule has 0 unspecified atom stereocenters. The molecule has 0 heterocycles. The van der Waals surface area contributed by atoms with E-state index in [4.69, 9.17) is 16.3 Å². The van der Waals surface area contributed by atoms with Crippen molar-refractivity contribution in [2.24, 2.45) is 0 Å². The first-order chi connectivity index (χ1) is 13.6. The summed E-state index contributed by atoms with van der Waals surface area (Å²) in [7, 11) is -2.01. The minimum atomic E-state index is -4.28. The van der Waals surface area contributed by atoms with Gasteiger partial charge in [0.05, 0.1) is 24.4 Å². The second kappa shape index (κ2) is 9.09. The van der Waals surface area contributed by atoms with Crippen molar-refractivity contribution < 1.29 is 23.1 Å². The first-order valence-corrected chi connectivity index (χ1v) is 10.4. The average Bonchev–Trinajstić information content (AvgIpc) is 2.69. The van der Waals surface area contributed by atoms with Gasteiger partial charge in [-0.2, -0.15) is 0 Å². The highest BCUT2D eigenvalue weighted by Gasteiger charge is 2.30. The van der Waals surface area contributed by atoms with Crippen LogP contribution in [-0.4, -0.2) is 51.4 Å².